The summed E-state index contributed by atoms with van der Waals surface area (Å²) >= 11 is 0. The molecule has 0 radical (unpaired) electrons. The number of amides is 1. The molecule has 4 heteroatoms. The van der Waals surface area contributed by atoms with Crippen LogP contribution in [-0.2, 0) is 6.42 Å². The number of nitrogens with one attached hydrogen (secondary N) is 1. The van der Waals surface area contributed by atoms with Crippen molar-refractivity contribution in [2.75, 3.05) is 7.05 Å². The van der Waals surface area contributed by atoms with Crippen LogP contribution in [0.4, 0.5) is 0 Å². The topological polar surface area (TPSA) is 53.2 Å². The highest BCUT2D eigenvalue weighted by molar-refractivity contribution is 6.02. The Labute approximate surface area is 133 Å². The van der Waals surface area contributed by atoms with E-state index in [0.29, 0.717) is 23.7 Å². The number of aromatic nitrogens is 1. The number of H-pyrrole nitrogens is 1. The minimum Gasteiger partial charge on any atom is -0.354 e. The number of aryl methyl sites for hydroxylation is 1. The van der Waals surface area contributed by atoms with E-state index in [0.717, 1.165) is 30.0 Å². The third-order valence-corrected chi connectivity index (χ3v) is 5.06. The van der Waals surface area contributed by atoms with Crippen LogP contribution in [0.15, 0.2) is 0 Å². The smallest absolute Gasteiger partial charge is 0.270 e. The van der Waals surface area contributed by atoms with Gasteiger partial charge in [-0.05, 0) is 57.4 Å². The van der Waals surface area contributed by atoms with Crippen LogP contribution < -0.4 is 0 Å². The van der Waals surface area contributed by atoms with E-state index in [-0.39, 0.29) is 11.7 Å². The van der Waals surface area contributed by atoms with Crippen LogP contribution in [0.5, 0.6) is 0 Å². The molecule has 2 rings (SSSR count). The van der Waals surface area contributed by atoms with Crippen molar-refractivity contribution in [1.82, 2.24) is 9.88 Å². The Hall–Kier alpha value is -1.58. The number of Topliss-reactive ketones (excluding diaryl/α,β-unsaturated/α-hetero) is 1. The molecule has 0 unspecified atom stereocenters. The highest BCUT2D eigenvalue weighted by Gasteiger charge is 2.29. The monoisotopic (exact) mass is 304 g/mol. The Bertz CT molecular complexity index is 566. The molecule has 1 heterocycles. The second-order valence-electron chi connectivity index (χ2n) is 6.72. The summed E-state index contributed by atoms with van der Waals surface area (Å²) in [5.41, 5.74) is 2.97. The van der Waals surface area contributed by atoms with Crippen molar-refractivity contribution in [1.29, 1.82) is 0 Å². The lowest BCUT2D eigenvalue weighted by atomic mass is 9.86. The number of aromatic amines is 1. The van der Waals surface area contributed by atoms with Gasteiger partial charge in [0.2, 0.25) is 0 Å². The third-order valence-electron chi connectivity index (χ3n) is 5.06. The number of carbonyl (C=O) groups is 2. The van der Waals surface area contributed by atoms with Gasteiger partial charge in [0.1, 0.15) is 5.69 Å². The SMILES string of the molecule is CCc1c(C(=O)N(C)C2CCC(C)CC2)[nH]c(C)c1C(C)=O. The molecule has 1 aromatic heterocycles. The molecule has 0 atom stereocenters. The van der Waals surface area contributed by atoms with Crippen molar-refractivity contribution in [2.24, 2.45) is 5.92 Å². The number of hydrogen-bond acceptors (Lipinski definition) is 2. The summed E-state index contributed by atoms with van der Waals surface area (Å²) in [6, 6.07) is 0.317. The maximum atomic E-state index is 12.9. The van der Waals surface area contributed by atoms with Crippen molar-refractivity contribution in [3.63, 3.8) is 0 Å². The molecule has 22 heavy (non-hydrogen) atoms. The normalized spacial score (nSPS) is 21.7. The van der Waals surface area contributed by atoms with Gasteiger partial charge in [0.15, 0.2) is 5.78 Å². The number of hydrogen-bond donors (Lipinski definition) is 1. The van der Waals surface area contributed by atoms with E-state index in [1.807, 2.05) is 25.8 Å². The molecular weight excluding hydrogens is 276 g/mol. The van der Waals surface area contributed by atoms with Crippen molar-refractivity contribution < 1.29 is 9.59 Å². The second-order valence-corrected chi connectivity index (χ2v) is 6.72. The number of carbonyl (C=O) groups excluding carboxylic acids is 2. The first-order chi connectivity index (χ1) is 10.4. The predicted octanol–water partition coefficient (Wildman–Crippen LogP) is 3.74. The summed E-state index contributed by atoms with van der Waals surface area (Å²) in [6.07, 6.45) is 5.21. The van der Waals surface area contributed by atoms with Gasteiger partial charge in [-0.1, -0.05) is 13.8 Å². The van der Waals surface area contributed by atoms with Gasteiger partial charge < -0.3 is 9.88 Å². The fraction of sp³-hybridized carbons (Fsp3) is 0.667. The Morgan fingerprint density at radius 2 is 1.82 bits per heavy atom. The van der Waals surface area contributed by atoms with Crippen LogP contribution in [0.2, 0.25) is 0 Å². The Morgan fingerprint density at radius 1 is 1.23 bits per heavy atom. The summed E-state index contributed by atoms with van der Waals surface area (Å²) < 4.78 is 0. The van der Waals surface area contributed by atoms with Crippen LogP contribution in [0, 0.1) is 12.8 Å². The number of ketones is 1. The van der Waals surface area contributed by atoms with E-state index in [1.165, 1.54) is 12.8 Å². The molecular formula is C18H28N2O2. The van der Waals surface area contributed by atoms with Gasteiger partial charge in [-0.3, -0.25) is 9.59 Å². The van der Waals surface area contributed by atoms with Crippen molar-refractivity contribution in [3.8, 4) is 0 Å². The van der Waals surface area contributed by atoms with Crippen LogP contribution in [0.3, 0.4) is 0 Å². The zero-order valence-corrected chi connectivity index (χ0v) is 14.5. The number of rotatable bonds is 4. The lowest BCUT2D eigenvalue weighted by Gasteiger charge is -2.33. The maximum absolute atomic E-state index is 12.9. The van der Waals surface area contributed by atoms with E-state index in [1.54, 1.807) is 6.92 Å². The summed E-state index contributed by atoms with van der Waals surface area (Å²) in [7, 11) is 1.89. The van der Waals surface area contributed by atoms with E-state index in [2.05, 4.69) is 11.9 Å². The minimum absolute atomic E-state index is 0.0204. The van der Waals surface area contributed by atoms with E-state index in [9.17, 15) is 9.59 Å². The van der Waals surface area contributed by atoms with E-state index in [4.69, 9.17) is 0 Å². The number of nitrogens with zero attached hydrogens (tertiary/aromatic N) is 1. The van der Waals surface area contributed by atoms with Gasteiger partial charge in [-0.15, -0.1) is 0 Å². The zero-order chi connectivity index (χ0) is 16.4. The molecule has 1 aromatic rings. The first-order valence-electron chi connectivity index (χ1n) is 8.36. The average Bonchev–Trinajstić information content (AvgIpc) is 2.83. The van der Waals surface area contributed by atoms with E-state index < -0.39 is 0 Å². The minimum atomic E-state index is 0.0204. The Balaban J connectivity index is 2.25. The fourth-order valence-electron chi connectivity index (χ4n) is 3.66. The first kappa shape index (κ1) is 16.8. The van der Waals surface area contributed by atoms with Crippen molar-refractivity contribution >= 4 is 11.7 Å². The van der Waals surface area contributed by atoms with Crippen LogP contribution in [0.25, 0.3) is 0 Å². The summed E-state index contributed by atoms with van der Waals surface area (Å²) in [4.78, 5) is 29.8. The molecule has 0 spiro atoms. The van der Waals surface area contributed by atoms with Gasteiger partial charge in [-0.2, -0.15) is 0 Å². The average molecular weight is 304 g/mol. The van der Waals surface area contributed by atoms with Gasteiger partial charge >= 0.3 is 0 Å². The lowest BCUT2D eigenvalue weighted by molar-refractivity contribution is 0.0673. The van der Waals surface area contributed by atoms with Gasteiger partial charge in [-0.25, -0.2) is 0 Å². The Morgan fingerprint density at radius 3 is 2.32 bits per heavy atom. The molecule has 1 N–H and O–H groups in total. The second kappa shape index (κ2) is 6.67. The van der Waals surface area contributed by atoms with Gasteiger partial charge in [0.25, 0.3) is 5.91 Å². The highest BCUT2D eigenvalue weighted by atomic mass is 16.2. The summed E-state index contributed by atoms with van der Waals surface area (Å²) in [5, 5.41) is 0. The summed E-state index contributed by atoms with van der Waals surface area (Å²) in [6.45, 7) is 7.71. The molecule has 1 aliphatic rings. The molecule has 0 aromatic carbocycles. The third kappa shape index (κ3) is 3.11. The molecule has 1 saturated carbocycles. The van der Waals surface area contributed by atoms with Gasteiger partial charge in [0.05, 0.1) is 0 Å². The molecule has 122 valence electrons. The van der Waals surface area contributed by atoms with E-state index >= 15 is 0 Å². The molecule has 0 bridgehead atoms. The molecule has 1 fully saturated rings. The highest BCUT2D eigenvalue weighted by Crippen LogP contribution is 2.28. The fourth-order valence-corrected chi connectivity index (χ4v) is 3.66. The quantitative estimate of drug-likeness (QED) is 0.862. The molecule has 0 saturated heterocycles. The summed E-state index contributed by atoms with van der Waals surface area (Å²) in [5.74, 6) is 0.814. The molecule has 0 aliphatic heterocycles. The Kier molecular flexibility index (Phi) is 5.09. The largest absolute Gasteiger partial charge is 0.354 e. The van der Waals surface area contributed by atoms with Crippen LogP contribution in [-0.4, -0.2) is 34.7 Å². The zero-order valence-electron chi connectivity index (χ0n) is 14.5. The standard InChI is InChI=1S/C18H28N2O2/c1-6-15-16(13(4)21)12(3)19-17(15)18(22)20(5)14-9-7-11(2)8-10-14/h11,14,19H,6-10H2,1-5H3. The molecule has 4 nitrogen and oxygen atoms in total. The first-order valence-corrected chi connectivity index (χ1v) is 8.36. The molecule has 1 aliphatic carbocycles. The van der Waals surface area contributed by atoms with Crippen LogP contribution >= 0.6 is 0 Å². The van der Waals surface area contributed by atoms with Crippen molar-refractivity contribution in [3.05, 3.63) is 22.5 Å². The van der Waals surface area contributed by atoms with Crippen molar-refractivity contribution in [2.45, 2.75) is 65.8 Å². The van der Waals surface area contributed by atoms with Gasteiger partial charge in [0, 0.05) is 24.3 Å². The maximum Gasteiger partial charge on any atom is 0.270 e. The molecule has 1 amide bonds. The predicted molar refractivity (Wildman–Crippen MR) is 88.4 cm³/mol. The van der Waals surface area contributed by atoms with Crippen LogP contribution in [0.1, 0.15) is 78.6 Å². The lowest BCUT2D eigenvalue weighted by Crippen LogP contribution is -2.39.